The molecule has 37 heavy (non-hydrogen) atoms. The summed E-state index contributed by atoms with van der Waals surface area (Å²) in [4.78, 5) is 39.5. The van der Waals surface area contributed by atoms with E-state index in [1.54, 1.807) is 7.05 Å². The second-order valence-corrected chi connectivity index (χ2v) is 10.2. The Morgan fingerprint density at radius 1 is 1.19 bits per heavy atom. The molecule has 2 aliphatic rings. The van der Waals surface area contributed by atoms with Crippen molar-refractivity contribution in [3.63, 3.8) is 0 Å². The SMILES string of the molecule is CCC(CCN(C)CC1CCNCC1)OCC#Cc1cccc2c1n(C)c(=O)n2C1CCC(=O)NC1=O. The summed E-state index contributed by atoms with van der Waals surface area (Å²) in [5.41, 5.74) is 1.73. The minimum atomic E-state index is -0.710. The van der Waals surface area contributed by atoms with Crippen molar-refractivity contribution in [2.45, 2.75) is 57.6 Å². The van der Waals surface area contributed by atoms with Gasteiger partial charge in [-0.2, -0.15) is 0 Å². The molecule has 200 valence electrons. The van der Waals surface area contributed by atoms with Gasteiger partial charge in [0, 0.05) is 26.6 Å². The van der Waals surface area contributed by atoms with Crippen molar-refractivity contribution in [1.29, 1.82) is 0 Å². The first-order valence-corrected chi connectivity index (χ1v) is 13.4. The number of ether oxygens (including phenoxy) is 1. The number of imidazole rings is 1. The van der Waals surface area contributed by atoms with E-state index >= 15 is 0 Å². The number of hydrogen-bond acceptors (Lipinski definition) is 6. The molecular weight excluding hydrogens is 470 g/mol. The van der Waals surface area contributed by atoms with E-state index in [4.69, 9.17) is 4.74 Å². The molecule has 0 saturated carbocycles. The smallest absolute Gasteiger partial charge is 0.329 e. The second kappa shape index (κ2) is 12.5. The number of nitrogens with zero attached hydrogens (tertiary/aromatic N) is 3. The summed E-state index contributed by atoms with van der Waals surface area (Å²) in [6.07, 6.45) is 5.08. The summed E-state index contributed by atoms with van der Waals surface area (Å²) in [7, 11) is 3.88. The Hall–Kier alpha value is -2.93. The number of carbonyl (C=O) groups excluding carboxylic acids is 2. The number of fused-ring (bicyclic) bond motifs is 1. The van der Waals surface area contributed by atoms with Gasteiger partial charge < -0.3 is 15.0 Å². The van der Waals surface area contributed by atoms with Crippen LogP contribution in [-0.2, 0) is 21.4 Å². The molecule has 0 aliphatic carbocycles. The number of rotatable bonds is 9. The molecule has 9 nitrogen and oxygen atoms in total. The van der Waals surface area contributed by atoms with Gasteiger partial charge in [-0.1, -0.05) is 24.8 Å². The first-order valence-electron chi connectivity index (χ1n) is 13.4. The van der Waals surface area contributed by atoms with Crippen molar-refractivity contribution >= 4 is 22.8 Å². The Balaban J connectivity index is 1.38. The van der Waals surface area contributed by atoms with Gasteiger partial charge in [-0.3, -0.25) is 24.0 Å². The van der Waals surface area contributed by atoms with E-state index in [1.165, 1.54) is 22.0 Å². The van der Waals surface area contributed by atoms with Crippen LogP contribution in [0.4, 0.5) is 0 Å². The zero-order valence-electron chi connectivity index (χ0n) is 22.2. The van der Waals surface area contributed by atoms with Crippen molar-refractivity contribution < 1.29 is 14.3 Å². The second-order valence-electron chi connectivity index (χ2n) is 10.2. The molecule has 2 N–H and O–H groups in total. The number of aryl methyl sites for hydroxylation is 1. The fourth-order valence-corrected chi connectivity index (χ4v) is 5.43. The van der Waals surface area contributed by atoms with Crippen LogP contribution in [0.2, 0.25) is 0 Å². The van der Waals surface area contributed by atoms with Gasteiger partial charge in [-0.15, -0.1) is 0 Å². The predicted octanol–water partition coefficient (Wildman–Crippen LogP) is 1.79. The lowest BCUT2D eigenvalue weighted by Gasteiger charge is -2.28. The highest BCUT2D eigenvalue weighted by Crippen LogP contribution is 2.24. The lowest BCUT2D eigenvalue weighted by atomic mass is 9.97. The molecule has 0 radical (unpaired) electrons. The predicted molar refractivity (Wildman–Crippen MR) is 143 cm³/mol. The molecule has 9 heteroatoms. The first kappa shape index (κ1) is 27.1. The highest BCUT2D eigenvalue weighted by atomic mass is 16.5. The molecule has 2 fully saturated rings. The number of benzene rings is 1. The molecule has 3 heterocycles. The summed E-state index contributed by atoms with van der Waals surface area (Å²) in [6.45, 7) is 6.85. The average Bonchev–Trinajstić information content (AvgIpc) is 3.14. The summed E-state index contributed by atoms with van der Waals surface area (Å²) in [5, 5.41) is 5.77. The number of para-hydroxylation sites is 1. The number of piperidine rings is 2. The highest BCUT2D eigenvalue weighted by molar-refractivity contribution is 6.00. The third-order valence-corrected chi connectivity index (χ3v) is 7.56. The van der Waals surface area contributed by atoms with E-state index in [0.717, 1.165) is 44.9 Å². The normalized spacial score (nSPS) is 19.6. The van der Waals surface area contributed by atoms with Gasteiger partial charge in [0.05, 0.1) is 22.7 Å². The largest absolute Gasteiger partial charge is 0.366 e. The summed E-state index contributed by atoms with van der Waals surface area (Å²) in [5.74, 6) is 6.32. The molecule has 2 unspecified atom stereocenters. The molecule has 4 rings (SSSR count). The van der Waals surface area contributed by atoms with E-state index in [-0.39, 0.29) is 24.1 Å². The number of nitrogens with one attached hydrogen (secondary N) is 2. The van der Waals surface area contributed by atoms with Crippen molar-refractivity contribution in [3.05, 3.63) is 34.2 Å². The number of amides is 2. The molecule has 2 amide bonds. The van der Waals surface area contributed by atoms with E-state index in [0.29, 0.717) is 29.6 Å². The zero-order chi connectivity index (χ0) is 26.4. The maximum atomic E-state index is 13.1. The van der Waals surface area contributed by atoms with Crippen LogP contribution in [0.3, 0.4) is 0 Å². The van der Waals surface area contributed by atoms with Crippen LogP contribution in [0.1, 0.15) is 57.1 Å². The number of imide groups is 1. The van der Waals surface area contributed by atoms with Gasteiger partial charge >= 0.3 is 5.69 Å². The van der Waals surface area contributed by atoms with Gasteiger partial charge in [0.1, 0.15) is 12.6 Å². The quantitative estimate of drug-likeness (QED) is 0.395. The van der Waals surface area contributed by atoms with Crippen LogP contribution in [0, 0.1) is 17.8 Å². The summed E-state index contributed by atoms with van der Waals surface area (Å²) >= 11 is 0. The Labute approximate surface area is 218 Å². The molecule has 1 aromatic heterocycles. The summed E-state index contributed by atoms with van der Waals surface area (Å²) < 4.78 is 9.08. The van der Waals surface area contributed by atoms with Gasteiger partial charge in [0.25, 0.3) is 0 Å². The maximum Gasteiger partial charge on any atom is 0.329 e. The molecule has 2 saturated heterocycles. The number of aromatic nitrogens is 2. The Bertz CT molecular complexity index is 1230. The Kier molecular flexibility index (Phi) is 9.19. The molecular formula is C28H39N5O4. The molecule has 2 aromatic rings. The molecule has 2 aliphatic heterocycles. The monoisotopic (exact) mass is 509 g/mol. The first-order chi connectivity index (χ1) is 17.9. The number of hydrogen-bond donors (Lipinski definition) is 2. The fraction of sp³-hybridized carbons (Fsp3) is 0.607. The zero-order valence-corrected chi connectivity index (χ0v) is 22.2. The van der Waals surface area contributed by atoms with Gasteiger partial charge in [0.2, 0.25) is 11.8 Å². The average molecular weight is 510 g/mol. The Morgan fingerprint density at radius 3 is 2.70 bits per heavy atom. The van der Waals surface area contributed by atoms with Crippen LogP contribution in [0.15, 0.2) is 23.0 Å². The molecule has 0 spiro atoms. The third-order valence-electron chi connectivity index (χ3n) is 7.56. The van der Waals surface area contributed by atoms with Crippen LogP contribution in [0.25, 0.3) is 11.0 Å². The molecule has 0 bridgehead atoms. The number of carbonyl (C=O) groups is 2. The van der Waals surface area contributed by atoms with E-state index in [9.17, 15) is 14.4 Å². The molecule has 1 aromatic carbocycles. The standard InChI is InChI=1S/C28H39N5O4/c1-4-22(14-17-31(2)19-20-12-15-29-16-13-20)37-18-6-8-21-7-5-9-23-26(21)32(3)28(36)33(23)24-10-11-25(34)30-27(24)35/h5,7,9,20,22,24,29H,4,10-19H2,1-3H3,(H,30,34,35). The minimum Gasteiger partial charge on any atom is -0.366 e. The van der Waals surface area contributed by atoms with Gasteiger partial charge in [0.15, 0.2) is 0 Å². The lowest BCUT2D eigenvalue weighted by Crippen LogP contribution is -2.44. The minimum absolute atomic E-state index is 0.151. The Morgan fingerprint density at radius 2 is 1.97 bits per heavy atom. The molecule has 2 atom stereocenters. The van der Waals surface area contributed by atoms with Crippen LogP contribution >= 0.6 is 0 Å². The van der Waals surface area contributed by atoms with Crippen molar-refractivity contribution in [2.24, 2.45) is 13.0 Å². The van der Waals surface area contributed by atoms with Crippen LogP contribution < -0.4 is 16.3 Å². The maximum absolute atomic E-state index is 13.1. The van der Waals surface area contributed by atoms with E-state index in [2.05, 4.69) is 41.3 Å². The van der Waals surface area contributed by atoms with E-state index < -0.39 is 11.9 Å². The third kappa shape index (κ3) is 6.50. The summed E-state index contributed by atoms with van der Waals surface area (Å²) in [6, 6.07) is 4.81. The van der Waals surface area contributed by atoms with Crippen molar-refractivity contribution in [1.82, 2.24) is 24.7 Å². The van der Waals surface area contributed by atoms with Crippen LogP contribution in [-0.4, -0.2) is 71.8 Å². The van der Waals surface area contributed by atoms with Gasteiger partial charge in [-0.25, -0.2) is 4.79 Å². The van der Waals surface area contributed by atoms with Crippen molar-refractivity contribution in [2.75, 3.05) is 39.8 Å². The van der Waals surface area contributed by atoms with E-state index in [1.807, 2.05) is 18.2 Å². The fourth-order valence-electron chi connectivity index (χ4n) is 5.43. The van der Waals surface area contributed by atoms with Gasteiger partial charge in [-0.05, 0) is 70.3 Å². The lowest BCUT2D eigenvalue weighted by molar-refractivity contribution is -0.135. The van der Waals surface area contributed by atoms with Crippen molar-refractivity contribution in [3.8, 4) is 11.8 Å². The topological polar surface area (TPSA) is 97.6 Å². The highest BCUT2D eigenvalue weighted by Gasteiger charge is 2.31. The van der Waals surface area contributed by atoms with Crippen LogP contribution in [0.5, 0.6) is 0 Å².